The number of aliphatic hydroxyl groups excluding tert-OH is 1. The van der Waals surface area contributed by atoms with Gasteiger partial charge in [-0.05, 0) is 0 Å². The lowest BCUT2D eigenvalue weighted by molar-refractivity contribution is -0.178. The number of carbonyl (C=O) groups is 1. The van der Waals surface area contributed by atoms with Crippen LogP contribution in [0.1, 0.15) is 10.4 Å². The van der Waals surface area contributed by atoms with E-state index in [2.05, 4.69) is 10.2 Å². The van der Waals surface area contributed by atoms with Crippen LogP contribution in [-0.2, 0) is 4.74 Å². The molecule has 2 aliphatic rings. The maximum Gasteiger partial charge on any atom is 0.257 e. The average Bonchev–Trinajstić information content (AvgIpc) is 2.92. The van der Waals surface area contributed by atoms with Crippen LogP contribution in [0.3, 0.4) is 0 Å². The van der Waals surface area contributed by atoms with Crippen molar-refractivity contribution in [2.45, 2.75) is 5.67 Å². The van der Waals surface area contributed by atoms with E-state index >= 15 is 0 Å². The SMILES string of the molecule is O=C(c1cn[nH]c1)N1CC(F)(CO)C2(COC2)C1. The number of alkyl halides is 1. The van der Waals surface area contributed by atoms with E-state index in [4.69, 9.17) is 4.74 Å². The molecule has 0 aliphatic carbocycles. The Balaban J connectivity index is 1.83. The molecular weight excluding hydrogens is 241 g/mol. The molecule has 7 heteroatoms. The van der Waals surface area contributed by atoms with Gasteiger partial charge in [0.25, 0.3) is 5.91 Å². The molecule has 2 saturated heterocycles. The van der Waals surface area contributed by atoms with Crippen LogP contribution in [0.15, 0.2) is 12.4 Å². The molecule has 98 valence electrons. The normalized spacial score (nSPS) is 29.6. The first-order chi connectivity index (χ1) is 8.60. The highest BCUT2D eigenvalue weighted by Gasteiger charge is 2.63. The number of H-pyrrole nitrogens is 1. The second kappa shape index (κ2) is 3.76. The Kier molecular flexibility index (Phi) is 2.43. The van der Waals surface area contributed by atoms with Crippen LogP contribution in [0.4, 0.5) is 4.39 Å². The second-order valence-corrected chi connectivity index (χ2v) is 5.04. The van der Waals surface area contributed by atoms with E-state index in [-0.39, 0.29) is 32.2 Å². The zero-order chi connectivity index (χ0) is 12.8. The van der Waals surface area contributed by atoms with Crippen molar-refractivity contribution >= 4 is 5.91 Å². The molecule has 2 N–H and O–H groups in total. The molecule has 0 radical (unpaired) electrons. The quantitative estimate of drug-likeness (QED) is 0.752. The highest BCUT2D eigenvalue weighted by molar-refractivity contribution is 5.94. The average molecular weight is 255 g/mol. The standard InChI is InChI=1S/C11H14FN3O3/c12-11(5-16)4-15(3-10(11)6-18-7-10)9(17)8-1-13-14-2-8/h1-2,16H,3-7H2,(H,13,14). The maximum absolute atomic E-state index is 14.6. The molecule has 6 nitrogen and oxygen atoms in total. The van der Waals surface area contributed by atoms with E-state index < -0.39 is 17.7 Å². The number of nitrogens with one attached hydrogen (secondary N) is 1. The van der Waals surface area contributed by atoms with Gasteiger partial charge in [0.1, 0.15) is 0 Å². The lowest BCUT2D eigenvalue weighted by Crippen LogP contribution is -2.58. The molecule has 18 heavy (non-hydrogen) atoms. The van der Waals surface area contributed by atoms with Crippen molar-refractivity contribution in [2.75, 3.05) is 32.9 Å². The molecule has 2 aliphatic heterocycles. The predicted molar refractivity (Wildman–Crippen MR) is 58.7 cm³/mol. The van der Waals surface area contributed by atoms with Crippen LogP contribution < -0.4 is 0 Å². The molecule has 0 bridgehead atoms. The van der Waals surface area contributed by atoms with Gasteiger partial charge in [-0.25, -0.2) is 4.39 Å². The summed E-state index contributed by atoms with van der Waals surface area (Å²) in [7, 11) is 0. The smallest absolute Gasteiger partial charge is 0.257 e. The van der Waals surface area contributed by atoms with Crippen LogP contribution >= 0.6 is 0 Å². The van der Waals surface area contributed by atoms with Gasteiger partial charge in [0.15, 0.2) is 5.67 Å². The van der Waals surface area contributed by atoms with Gasteiger partial charge in [-0.2, -0.15) is 5.10 Å². The van der Waals surface area contributed by atoms with Crippen molar-refractivity contribution in [2.24, 2.45) is 5.41 Å². The Labute approximate surface area is 103 Å². The Hall–Kier alpha value is -1.47. The minimum Gasteiger partial charge on any atom is -0.393 e. The Morgan fingerprint density at radius 1 is 1.61 bits per heavy atom. The number of nitrogens with zero attached hydrogens (tertiary/aromatic N) is 2. The van der Waals surface area contributed by atoms with E-state index in [9.17, 15) is 14.3 Å². The summed E-state index contributed by atoms with van der Waals surface area (Å²) >= 11 is 0. The molecule has 1 amide bonds. The summed E-state index contributed by atoms with van der Waals surface area (Å²) in [6, 6.07) is 0. The molecule has 1 aromatic rings. The summed E-state index contributed by atoms with van der Waals surface area (Å²) in [4.78, 5) is 13.5. The molecule has 0 aromatic carbocycles. The van der Waals surface area contributed by atoms with Crippen LogP contribution in [-0.4, -0.2) is 64.7 Å². The van der Waals surface area contributed by atoms with Crippen LogP contribution in [0.2, 0.25) is 0 Å². The Morgan fingerprint density at radius 3 is 2.83 bits per heavy atom. The van der Waals surface area contributed by atoms with Crippen molar-refractivity contribution in [3.8, 4) is 0 Å². The van der Waals surface area contributed by atoms with Crippen LogP contribution in [0.5, 0.6) is 0 Å². The molecule has 0 saturated carbocycles. The first kappa shape index (κ1) is 11.6. The number of aliphatic hydroxyl groups is 1. The zero-order valence-electron chi connectivity index (χ0n) is 9.73. The molecule has 1 unspecified atom stereocenters. The number of rotatable bonds is 2. The van der Waals surface area contributed by atoms with Crippen molar-refractivity contribution in [3.05, 3.63) is 18.0 Å². The third kappa shape index (κ3) is 1.40. The maximum atomic E-state index is 14.6. The predicted octanol–water partition coefficient (Wildman–Crippen LogP) is -0.417. The summed E-state index contributed by atoms with van der Waals surface area (Å²) in [6.45, 7) is 0.0783. The summed E-state index contributed by atoms with van der Waals surface area (Å²) in [6.07, 6.45) is 2.88. The van der Waals surface area contributed by atoms with Crippen LogP contribution in [0, 0.1) is 5.41 Å². The Morgan fingerprint density at radius 2 is 2.39 bits per heavy atom. The largest absolute Gasteiger partial charge is 0.393 e. The highest BCUT2D eigenvalue weighted by atomic mass is 19.1. The molecule has 3 rings (SSSR count). The first-order valence-electron chi connectivity index (χ1n) is 5.76. The number of halogens is 1. The zero-order valence-corrected chi connectivity index (χ0v) is 9.73. The van der Waals surface area contributed by atoms with Gasteiger partial charge >= 0.3 is 0 Å². The molecular formula is C11H14FN3O3. The number of carbonyl (C=O) groups excluding carboxylic acids is 1. The number of hydrogen-bond acceptors (Lipinski definition) is 4. The highest BCUT2D eigenvalue weighted by Crippen LogP contribution is 2.47. The summed E-state index contributed by atoms with van der Waals surface area (Å²) in [5.41, 5.74) is -2.13. The van der Waals surface area contributed by atoms with E-state index in [0.717, 1.165) is 0 Å². The van der Waals surface area contributed by atoms with Gasteiger partial charge in [0.05, 0.1) is 43.5 Å². The number of hydrogen-bond donors (Lipinski definition) is 2. The molecule has 1 spiro atoms. The number of ether oxygens (including phenoxy) is 1. The first-order valence-corrected chi connectivity index (χ1v) is 5.76. The molecule has 3 heterocycles. The van der Waals surface area contributed by atoms with Crippen molar-refractivity contribution in [1.29, 1.82) is 0 Å². The van der Waals surface area contributed by atoms with Gasteiger partial charge in [-0.15, -0.1) is 0 Å². The van der Waals surface area contributed by atoms with Gasteiger partial charge in [-0.3, -0.25) is 9.89 Å². The van der Waals surface area contributed by atoms with E-state index in [0.29, 0.717) is 5.56 Å². The number of amides is 1. The number of likely N-dealkylation sites (tertiary alicyclic amines) is 1. The van der Waals surface area contributed by atoms with Gasteiger partial charge in [-0.1, -0.05) is 0 Å². The van der Waals surface area contributed by atoms with Crippen LogP contribution in [0.25, 0.3) is 0 Å². The number of aromatic nitrogens is 2. The lowest BCUT2D eigenvalue weighted by Gasteiger charge is -2.44. The van der Waals surface area contributed by atoms with Gasteiger partial charge in [0.2, 0.25) is 0 Å². The minimum atomic E-state index is -1.77. The third-order valence-electron chi connectivity index (χ3n) is 3.93. The Bertz CT molecular complexity index is 449. The van der Waals surface area contributed by atoms with Crippen molar-refractivity contribution in [1.82, 2.24) is 15.1 Å². The lowest BCUT2D eigenvalue weighted by atomic mass is 9.74. The fourth-order valence-electron chi connectivity index (χ4n) is 2.64. The van der Waals surface area contributed by atoms with Crippen molar-refractivity contribution < 1.29 is 19.0 Å². The summed E-state index contributed by atoms with van der Waals surface area (Å²) in [5, 5.41) is 15.5. The molecule has 1 aromatic heterocycles. The monoisotopic (exact) mass is 255 g/mol. The number of aromatic amines is 1. The van der Waals surface area contributed by atoms with Gasteiger partial charge < -0.3 is 14.7 Å². The van der Waals surface area contributed by atoms with E-state index in [1.165, 1.54) is 17.3 Å². The molecule has 2 fully saturated rings. The fourth-order valence-corrected chi connectivity index (χ4v) is 2.64. The summed E-state index contributed by atoms with van der Waals surface area (Å²) < 4.78 is 19.7. The van der Waals surface area contributed by atoms with E-state index in [1.54, 1.807) is 0 Å². The van der Waals surface area contributed by atoms with Gasteiger partial charge in [0, 0.05) is 12.7 Å². The fraction of sp³-hybridized carbons (Fsp3) is 0.636. The topological polar surface area (TPSA) is 78.5 Å². The van der Waals surface area contributed by atoms with Crippen molar-refractivity contribution in [3.63, 3.8) is 0 Å². The minimum absolute atomic E-state index is 0.100. The summed E-state index contributed by atoms with van der Waals surface area (Å²) in [5.74, 6) is -0.275. The second-order valence-electron chi connectivity index (χ2n) is 5.04. The molecule has 1 atom stereocenters. The van der Waals surface area contributed by atoms with E-state index in [1.807, 2.05) is 0 Å². The third-order valence-corrected chi connectivity index (χ3v) is 3.93.